The third kappa shape index (κ3) is 5.43. The van der Waals surface area contributed by atoms with Crippen LogP contribution in [0.3, 0.4) is 0 Å². The molecule has 282 valence electrons. The molecule has 0 N–H and O–H groups in total. The second-order valence-corrected chi connectivity index (χ2v) is 18.2. The van der Waals surface area contributed by atoms with Crippen LogP contribution in [0.15, 0.2) is 168 Å². The quantitative estimate of drug-likeness (QED) is 0.201. The zero-order chi connectivity index (χ0) is 38.4. The van der Waals surface area contributed by atoms with E-state index >= 15 is 0 Å². The Kier molecular flexibility index (Phi) is 8.04. The van der Waals surface area contributed by atoms with E-state index in [1.54, 1.807) is 5.57 Å². The van der Waals surface area contributed by atoms with E-state index in [1.807, 2.05) is 0 Å². The lowest BCUT2D eigenvalue weighted by Gasteiger charge is -2.38. The second-order valence-electron chi connectivity index (χ2n) is 18.2. The van der Waals surface area contributed by atoms with Gasteiger partial charge in [-0.3, -0.25) is 0 Å². The highest BCUT2D eigenvalue weighted by Gasteiger charge is 2.48. The van der Waals surface area contributed by atoms with E-state index in [2.05, 4.69) is 195 Å². The minimum absolute atomic E-state index is 0.0245. The van der Waals surface area contributed by atoms with Gasteiger partial charge in [0.05, 0.1) is 5.69 Å². The lowest BCUT2D eigenvalue weighted by molar-refractivity contribution is 0.424. The molecule has 0 aromatic heterocycles. The van der Waals surface area contributed by atoms with Crippen LogP contribution in [0.25, 0.3) is 12.2 Å². The van der Waals surface area contributed by atoms with Crippen molar-refractivity contribution in [3.8, 4) is 0 Å². The number of hydrogen-bond acceptors (Lipinski definition) is 2. The molecule has 6 unspecified atom stereocenters. The maximum absolute atomic E-state index is 2.63. The van der Waals surface area contributed by atoms with E-state index in [-0.39, 0.29) is 5.41 Å². The Morgan fingerprint density at radius 1 is 0.754 bits per heavy atom. The molecular formula is C55H52N2. The van der Waals surface area contributed by atoms with Crippen molar-refractivity contribution in [2.45, 2.75) is 76.5 Å². The van der Waals surface area contributed by atoms with Crippen LogP contribution in [0, 0.1) is 17.8 Å². The van der Waals surface area contributed by atoms with E-state index in [1.165, 1.54) is 73.1 Å². The molecule has 0 radical (unpaired) electrons. The van der Waals surface area contributed by atoms with E-state index in [0.717, 1.165) is 25.7 Å². The summed E-state index contributed by atoms with van der Waals surface area (Å²) in [5.74, 6) is 2.57. The van der Waals surface area contributed by atoms with Crippen molar-refractivity contribution in [1.82, 2.24) is 0 Å². The van der Waals surface area contributed by atoms with Crippen molar-refractivity contribution in [1.29, 1.82) is 0 Å². The molecular weight excluding hydrogens is 689 g/mol. The first-order chi connectivity index (χ1) is 27.8. The highest BCUT2D eigenvalue weighted by Crippen LogP contribution is 2.60. The van der Waals surface area contributed by atoms with Crippen molar-refractivity contribution in [2.24, 2.45) is 17.8 Å². The zero-order valence-electron chi connectivity index (χ0n) is 33.7. The van der Waals surface area contributed by atoms with Gasteiger partial charge in [-0.1, -0.05) is 143 Å². The Morgan fingerprint density at radius 3 is 2.46 bits per heavy atom. The Morgan fingerprint density at radius 2 is 1.60 bits per heavy atom. The fourth-order valence-electron chi connectivity index (χ4n) is 11.7. The van der Waals surface area contributed by atoms with Crippen LogP contribution in [0.5, 0.6) is 0 Å². The fourth-order valence-corrected chi connectivity index (χ4v) is 11.7. The topological polar surface area (TPSA) is 6.48 Å². The highest BCUT2D eigenvalue weighted by molar-refractivity contribution is 5.83. The molecule has 7 aliphatic rings. The predicted molar refractivity (Wildman–Crippen MR) is 240 cm³/mol. The summed E-state index contributed by atoms with van der Waals surface area (Å²) >= 11 is 0. The second kappa shape index (κ2) is 13.2. The predicted octanol–water partition coefficient (Wildman–Crippen LogP) is 14.0. The van der Waals surface area contributed by atoms with Gasteiger partial charge in [0.1, 0.15) is 0 Å². The minimum atomic E-state index is 0.0245. The van der Waals surface area contributed by atoms with Crippen LogP contribution < -0.4 is 9.80 Å². The van der Waals surface area contributed by atoms with Crippen LogP contribution in [0.2, 0.25) is 0 Å². The number of hydrogen-bond donors (Lipinski definition) is 0. The first-order valence-electron chi connectivity index (χ1n) is 21.4. The highest BCUT2D eigenvalue weighted by atomic mass is 15.2. The SMILES string of the molecule is CC1C=Cc2cc(N3C4=CC=CCC4C4=C3C=C(N(c3ccc(C5C=CC=CC5)cc3)c3cccc5c3C=CC3c6ccccc6C(C)(C)C53)CC4C)ccc2C1. The molecule has 4 aromatic rings. The molecule has 0 fully saturated rings. The number of anilines is 3. The largest absolute Gasteiger partial charge is 0.314 e. The maximum Gasteiger partial charge on any atom is 0.0533 e. The van der Waals surface area contributed by atoms with Gasteiger partial charge in [-0.2, -0.15) is 0 Å². The molecule has 2 heteroatoms. The third-order valence-electron chi connectivity index (χ3n) is 14.3. The number of rotatable bonds is 5. The van der Waals surface area contributed by atoms with Gasteiger partial charge in [0.25, 0.3) is 0 Å². The molecule has 0 saturated carbocycles. The van der Waals surface area contributed by atoms with E-state index in [0.29, 0.717) is 35.5 Å². The van der Waals surface area contributed by atoms with Crippen molar-refractivity contribution >= 4 is 29.2 Å². The van der Waals surface area contributed by atoms with E-state index < -0.39 is 0 Å². The zero-order valence-corrected chi connectivity index (χ0v) is 33.7. The lowest BCUT2D eigenvalue weighted by Crippen LogP contribution is -2.28. The first kappa shape index (κ1) is 34.6. The summed E-state index contributed by atoms with van der Waals surface area (Å²) in [5.41, 5.74) is 19.5. The molecule has 0 amide bonds. The van der Waals surface area contributed by atoms with Gasteiger partial charge in [-0.25, -0.2) is 0 Å². The van der Waals surface area contributed by atoms with Crippen LogP contribution >= 0.6 is 0 Å². The van der Waals surface area contributed by atoms with Crippen LogP contribution in [0.1, 0.15) is 104 Å². The first-order valence-corrected chi connectivity index (χ1v) is 21.4. The van der Waals surface area contributed by atoms with Crippen LogP contribution in [-0.2, 0) is 11.8 Å². The molecule has 0 spiro atoms. The van der Waals surface area contributed by atoms with Gasteiger partial charge in [-0.15, -0.1) is 0 Å². The molecule has 1 aliphatic heterocycles. The van der Waals surface area contributed by atoms with Crippen molar-refractivity contribution < 1.29 is 0 Å². The maximum atomic E-state index is 2.63. The van der Waals surface area contributed by atoms with Crippen LogP contribution in [0.4, 0.5) is 17.1 Å². The van der Waals surface area contributed by atoms with Gasteiger partial charge in [0.15, 0.2) is 0 Å². The van der Waals surface area contributed by atoms with Gasteiger partial charge in [-0.05, 0) is 124 Å². The molecule has 1 heterocycles. The average Bonchev–Trinajstić information content (AvgIpc) is 3.70. The van der Waals surface area contributed by atoms with E-state index in [9.17, 15) is 0 Å². The smallest absolute Gasteiger partial charge is 0.0533 e. The summed E-state index contributed by atoms with van der Waals surface area (Å²) in [6.45, 7) is 9.73. The molecule has 2 nitrogen and oxygen atoms in total. The van der Waals surface area contributed by atoms with Crippen molar-refractivity contribution in [2.75, 3.05) is 9.80 Å². The Labute approximate surface area is 339 Å². The Bertz CT molecular complexity index is 2560. The number of fused-ring (bicyclic) bond motifs is 8. The Hall–Kier alpha value is -5.60. The Balaban J connectivity index is 1.07. The number of nitrogens with zero attached hydrogens (tertiary/aromatic N) is 2. The molecule has 0 bridgehead atoms. The monoisotopic (exact) mass is 740 g/mol. The van der Waals surface area contributed by atoms with Gasteiger partial charge < -0.3 is 9.80 Å². The lowest BCUT2D eigenvalue weighted by atomic mass is 9.69. The summed E-state index contributed by atoms with van der Waals surface area (Å²) in [5, 5.41) is 0. The van der Waals surface area contributed by atoms with E-state index in [4.69, 9.17) is 0 Å². The van der Waals surface area contributed by atoms with Crippen molar-refractivity contribution in [3.63, 3.8) is 0 Å². The van der Waals surface area contributed by atoms with Crippen LogP contribution in [-0.4, -0.2) is 0 Å². The average molecular weight is 741 g/mol. The molecule has 57 heavy (non-hydrogen) atoms. The number of benzene rings is 4. The number of allylic oxidation sites excluding steroid dienone is 12. The van der Waals surface area contributed by atoms with Gasteiger partial charge in [0, 0.05) is 57.7 Å². The van der Waals surface area contributed by atoms with Gasteiger partial charge >= 0.3 is 0 Å². The summed E-state index contributed by atoms with van der Waals surface area (Å²) in [4.78, 5) is 5.24. The minimum Gasteiger partial charge on any atom is -0.314 e. The molecule has 6 atom stereocenters. The summed E-state index contributed by atoms with van der Waals surface area (Å²) < 4.78 is 0. The summed E-state index contributed by atoms with van der Waals surface area (Å²) in [6.07, 6.45) is 32.5. The standard InChI is InChI=1S/C55H52N2/c1-35-21-22-40-33-42(28-25-39(40)31-35)57-51-19-11-9-16-48(51)53-36(2)32-43(34-52(53)57)56(41-26-23-38(24-27-41)37-13-6-5-7-14-37)50-20-12-17-46-45(50)29-30-47-44-15-8-10-18-49(44)55(3,4)54(46)47/h5-13,15,17-30,33-37,47-48,54H,14,16,31-32H2,1-4H3. The van der Waals surface area contributed by atoms with Crippen molar-refractivity contribution in [3.05, 3.63) is 207 Å². The third-order valence-corrected chi connectivity index (χ3v) is 14.3. The molecule has 0 saturated heterocycles. The molecule has 4 aromatic carbocycles. The summed E-state index contributed by atoms with van der Waals surface area (Å²) in [7, 11) is 0. The summed E-state index contributed by atoms with van der Waals surface area (Å²) in [6, 6.07) is 33.0. The van der Waals surface area contributed by atoms with Gasteiger partial charge in [0.2, 0.25) is 0 Å². The normalized spacial score (nSPS) is 26.9. The molecule has 6 aliphatic carbocycles. The fraction of sp³-hybridized carbons (Fsp3) is 0.273. The molecule has 11 rings (SSSR count).